The Bertz CT molecular complexity index is 225. The highest BCUT2D eigenvalue weighted by molar-refractivity contribution is 4.97. The summed E-state index contributed by atoms with van der Waals surface area (Å²) in [6.45, 7) is 1.33. The average Bonchev–Trinajstić information content (AvgIpc) is 2.85. The second-order valence-corrected chi connectivity index (χ2v) is 5.80. The van der Waals surface area contributed by atoms with E-state index in [0.717, 1.165) is 18.0 Å². The van der Waals surface area contributed by atoms with E-state index in [1.165, 1.54) is 57.9 Å². The van der Waals surface area contributed by atoms with Crippen LogP contribution < -0.4 is 5.73 Å². The number of nitrogens with zero attached hydrogens (tertiary/aromatic N) is 1. The zero-order valence-electron chi connectivity index (χ0n) is 9.70. The van der Waals surface area contributed by atoms with Crippen molar-refractivity contribution in [3.8, 4) is 0 Å². The standard InChI is InChI=1S/C13H24N2/c14-11-6-2-8-13(11)15-9-3-5-10-4-1-7-12(10)15/h10-13H,1-9,14H2. The third-order valence-electron chi connectivity index (χ3n) is 4.99. The number of fused-ring (bicyclic) bond motifs is 1. The summed E-state index contributed by atoms with van der Waals surface area (Å²) in [7, 11) is 0. The molecule has 2 nitrogen and oxygen atoms in total. The van der Waals surface area contributed by atoms with E-state index in [9.17, 15) is 0 Å². The Hall–Kier alpha value is -0.0800. The topological polar surface area (TPSA) is 29.3 Å². The highest BCUT2D eigenvalue weighted by Crippen LogP contribution is 2.39. The zero-order chi connectivity index (χ0) is 10.3. The second-order valence-electron chi connectivity index (χ2n) is 5.80. The molecule has 0 aromatic heterocycles. The molecule has 3 aliphatic rings. The molecule has 0 aromatic rings. The Morgan fingerprint density at radius 1 is 0.800 bits per heavy atom. The van der Waals surface area contributed by atoms with E-state index in [4.69, 9.17) is 5.73 Å². The minimum Gasteiger partial charge on any atom is -0.326 e. The van der Waals surface area contributed by atoms with Gasteiger partial charge in [-0.25, -0.2) is 0 Å². The minimum absolute atomic E-state index is 0.476. The first kappa shape index (κ1) is 10.1. The molecule has 15 heavy (non-hydrogen) atoms. The van der Waals surface area contributed by atoms with E-state index in [2.05, 4.69) is 4.90 Å². The Morgan fingerprint density at radius 2 is 1.53 bits per heavy atom. The van der Waals surface area contributed by atoms with Gasteiger partial charge in [-0.15, -0.1) is 0 Å². The van der Waals surface area contributed by atoms with Crippen LogP contribution in [-0.2, 0) is 0 Å². The fourth-order valence-corrected chi connectivity index (χ4v) is 4.29. The van der Waals surface area contributed by atoms with Crippen LogP contribution in [0, 0.1) is 5.92 Å². The Morgan fingerprint density at radius 3 is 2.33 bits per heavy atom. The van der Waals surface area contributed by atoms with Gasteiger partial charge in [-0.3, -0.25) is 4.90 Å². The molecular formula is C13H24N2. The second kappa shape index (κ2) is 4.06. The van der Waals surface area contributed by atoms with Crippen LogP contribution in [0.2, 0.25) is 0 Å². The fraction of sp³-hybridized carbons (Fsp3) is 1.00. The summed E-state index contributed by atoms with van der Waals surface area (Å²) in [6, 6.07) is 2.12. The van der Waals surface area contributed by atoms with Crippen LogP contribution >= 0.6 is 0 Å². The van der Waals surface area contributed by atoms with Gasteiger partial charge in [0.1, 0.15) is 0 Å². The van der Waals surface area contributed by atoms with Gasteiger partial charge in [0.25, 0.3) is 0 Å². The Kier molecular flexibility index (Phi) is 2.73. The van der Waals surface area contributed by atoms with Crippen molar-refractivity contribution in [1.29, 1.82) is 0 Å². The SMILES string of the molecule is NC1CCCC1N1CCCC2CCCC21. The average molecular weight is 208 g/mol. The lowest BCUT2D eigenvalue weighted by molar-refractivity contribution is 0.0633. The maximum absolute atomic E-state index is 6.25. The largest absolute Gasteiger partial charge is 0.326 e. The summed E-state index contributed by atoms with van der Waals surface area (Å²) in [6.07, 6.45) is 11.3. The smallest absolute Gasteiger partial charge is 0.0250 e. The fourth-order valence-electron chi connectivity index (χ4n) is 4.29. The lowest BCUT2D eigenvalue weighted by Gasteiger charge is -2.43. The molecule has 2 aliphatic carbocycles. The Balaban J connectivity index is 1.73. The van der Waals surface area contributed by atoms with Gasteiger partial charge in [0.05, 0.1) is 0 Å². The van der Waals surface area contributed by atoms with Gasteiger partial charge >= 0.3 is 0 Å². The van der Waals surface area contributed by atoms with Crippen LogP contribution in [0.15, 0.2) is 0 Å². The van der Waals surface area contributed by atoms with Crippen molar-refractivity contribution in [3.05, 3.63) is 0 Å². The minimum atomic E-state index is 0.476. The van der Waals surface area contributed by atoms with Gasteiger partial charge in [0.2, 0.25) is 0 Å². The summed E-state index contributed by atoms with van der Waals surface area (Å²) in [4.78, 5) is 2.80. The van der Waals surface area contributed by atoms with Crippen molar-refractivity contribution in [1.82, 2.24) is 4.90 Å². The van der Waals surface area contributed by atoms with E-state index < -0.39 is 0 Å². The molecule has 4 atom stereocenters. The molecule has 0 bridgehead atoms. The van der Waals surface area contributed by atoms with E-state index in [1.807, 2.05) is 0 Å². The molecule has 3 fully saturated rings. The molecule has 0 radical (unpaired) electrons. The van der Waals surface area contributed by atoms with Crippen LogP contribution in [-0.4, -0.2) is 29.6 Å². The molecule has 0 aromatic carbocycles. The summed E-state index contributed by atoms with van der Waals surface area (Å²) in [5.74, 6) is 1.02. The van der Waals surface area contributed by atoms with Crippen LogP contribution in [0.5, 0.6) is 0 Å². The van der Waals surface area contributed by atoms with Crippen molar-refractivity contribution in [2.75, 3.05) is 6.54 Å². The van der Waals surface area contributed by atoms with E-state index in [-0.39, 0.29) is 0 Å². The molecule has 86 valence electrons. The Labute approximate surface area is 93.2 Å². The molecule has 3 rings (SSSR count). The van der Waals surface area contributed by atoms with Crippen molar-refractivity contribution in [2.24, 2.45) is 11.7 Å². The maximum atomic E-state index is 6.25. The summed E-state index contributed by atoms with van der Waals surface area (Å²) in [5, 5.41) is 0. The zero-order valence-corrected chi connectivity index (χ0v) is 9.70. The molecule has 4 unspecified atom stereocenters. The van der Waals surface area contributed by atoms with Gasteiger partial charge in [-0.05, 0) is 51.0 Å². The normalized spacial score (nSPS) is 47.0. The third kappa shape index (κ3) is 1.72. The number of nitrogens with two attached hydrogens (primary N) is 1. The molecule has 1 heterocycles. The van der Waals surface area contributed by atoms with Gasteiger partial charge in [0.15, 0.2) is 0 Å². The first-order valence-corrected chi connectivity index (χ1v) is 6.87. The van der Waals surface area contributed by atoms with Crippen molar-refractivity contribution in [3.63, 3.8) is 0 Å². The van der Waals surface area contributed by atoms with Gasteiger partial charge in [-0.1, -0.05) is 12.8 Å². The van der Waals surface area contributed by atoms with Crippen LogP contribution in [0.4, 0.5) is 0 Å². The summed E-state index contributed by atoms with van der Waals surface area (Å²) < 4.78 is 0. The van der Waals surface area contributed by atoms with Gasteiger partial charge < -0.3 is 5.73 Å². The predicted molar refractivity (Wildman–Crippen MR) is 62.7 cm³/mol. The lowest BCUT2D eigenvalue weighted by atomic mass is 9.90. The van der Waals surface area contributed by atoms with Crippen molar-refractivity contribution >= 4 is 0 Å². The number of hydrogen-bond donors (Lipinski definition) is 1. The molecule has 2 saturated carbocycles. The van der Waals surface area contributed by atoms with Crippen LogP contribution in [0.25, 0.3) is 0 Å². The van der Waals surface area contributed by atoms with E-state index >= 15 is 0 Å². The van der Waals surface area contributed by atoms with Crippen LogP contribution in [0.1, 0.15) is 51.4 Å². The molecule has 2 heteroatoms. The first-order chi connectivity index (χ1) is 7.36. The molecule has 0 amide bonds. The van der Waals surface area contributed by atoms with Crippen LogP contribution in [0.3, 0.4) is 0 Å². The third-order valence-corrected chi connectivity index (χ3v) is 4.99. The van der Waals surface area contributed by atoms with Crippen molar-refractivity contribution < 1.29 is 0 Å². The summed E-state index contributed by atoms with van der Waals surface area (Å²) >= 11 is 0. The number of likely N-dealkylation sites (tertiary alicyclic amines) is 1. The number of hydrogen-bond acceptors (Lipinski definition) is 2. The lowest BCUT2D eigenvalue weighted by Crippen LogP contribution is -2.53. The monoisotopic (exact) mass is 208 g/mol. The quantitative estimate of drug-likeness (QED) is 0.715. The molecule has 2 N–H and O–H groups in total. The van der Waals surface area contributed by atoms with E-state index in [0.29, 0.717) is 6.04 Å². The molecular weight excluding hydrogens is 184 g/mol. The van der Waals surface area contributed by atoms with Gasteiger partial charge in [-0.2, -0.15) is 0 Å². The molecule has 0 spiro atoms. The maximum Gasteiger partial charge on any atom is 0.0250 e. The van der Waals surface area contributed by atoms with Crippen molar-refractivity contribution in [2.45, 2.75) is 69.5 Å². The number of piperidine rings is 1. The van der Waals surface area contributed by atoms with E-state index in [1.54, 1.807) is 0 Å². The van der Waals surface area contributed by atoms with Gasteiger partial charge in [0, 0.05) is 18.1 Å². The first-order valence-electron chi connectivity index (χ1n) is 6.87. The molecule has 1 aliphatic heterocycles. The summed E-state index contributed by atoms with van der Waals surface area (Å²) in [5.41, 5.74) is 6.25. The highest BCUT2D eigenvalue weighted by Gasteiger charge is 2.40. The highest BCUT2D eigenvalue weighted by atomic mass is 15.2. The predicted octanol–water partition coefficient (Wildman–Crippen LogP) is 2.13. The number of rotatable bonds is 1. The molecule has 1 saturated heterocycles.